The summed E-state index contributed by atoms with van der Waals surface area (Å²) in [5.74, 6) is 0.798. The van der Waals surface area contributed by atoms with Crippen LogP contribution in [-0.2, 0) is 0 Å². The van der Waals surface area contributed by atoms with E-state index in [2.05, 4.69) is 36.4 Å². The maximum Gasteiger partial charge on any atom is 0.0675 e. The van der Waals surface area contributed by atoms with Crippen molar-refractivity contribution in [2.24, 2.45) is 5.92 Å². The molecule has 0 radical (unpaired) electrons. The Labute approximate surface area is 169 Å². The Kier molecular flexibility index (Phi) is 6.38. The van der Waals surface area contributed by atoms with Crippen molar-refractivity contribution in [2.75, 3.05) is 6.54 Å². The number of pyridine rings is 2. The van der Waals surface area contributed by atoms with E-state index in [1.807, 2.05) is 24.5 Å². The van der Waals surface area contributed by atoms with Crippen LogP contribution in [0.4, 0.5) is 0 Å². The summed E-state index contributed by atoms with van der Waals surface area (Å²) >= 11 is 0. The minimum absolute atomic E-state index is 0.310. The first kappa shape index (κ1) is 19.5. The third-order valence-electron chi connectivity index (χ3n) is 6.65. The molecule has 1 saturated heterocycles. The Morgan fingerprint density at radius 1 is 0.821 bits per heavy atom. The predicted octanol–water partition coefficient (Wildman–Crippen LogP) is 5.45. The average Bonchev–Trinajstić information content (AvgIpc) is 2.74. The zero-order valence-electron chi connectivity index (χ0n) is 17.4. The Hall–Kier alpha value is -1.78. The van der Waals surface area contributed by atoms with Crippen LogP contribution in [0.25, 0.3) is 0 Å². The largest absolute Gasteiger partial charge is 0.259 e. The van der Waals surface area contributed by atoms with Gasteiger partial charge in [-0.1, -0.05) is 31.4 Å². The van der Waals surface area contributed by atoms with Gasteiger partial charge in [-0.2, -0.15) is 0 Å². The first-order chi connectivity index (χ1) is 13.7. The van der Waals surface area contributed by atoms with E-state index in [4.69, 9.17) is 9.97 Å². The first-order valence-electron chi connectivity index (χ1n) is 11.1. The maximum atomic E-state index is 4.80. The minimum Gasteiger partial charge on any atom is -0.259 e. The molecule has 4 heteroatoms. The molecule has 1 N–H and O–H groups in total. The first-order valence-corrected chi connectivity index (χ1v) is 11.1. The molecule has 0 spiro atoms. The zero-order chi connectivity index (χ0) is 19.3. The highest BCUT2D eigenvalue weighted by molar-refractivity contribution is 5.25. The topological polar surface area (TPSA) is 41.1 Å². The van der Waals surface area contributed by atoms with Gasteiger partial charge in [0.2, 0.25) is 0 Å². The van der Waals surface area contributed by atoms with Crippen LogP contribution in [0, 0.1) is 19.8 Å². The lowest BCUT2D eigenvalue weighted by atomic mass is 9.88. The fourth-order valence-corrected chi connectivity index (χ4v) is 5.08. The van der Waals surface area contributed by atoms with Crippen molar-refractivity contribution in [1.29, 1.82) is 0 Å². The molecular formula is C24H34N4. The van der Waals surface area contributed by atoms with Crippen molar-refractivity contribution >= 4 is 0 Å². The van der Waals surface area contributed by atoms with Gasteiger partial charge < -0.3 is 0 Å². The molecule has 150 valence electrons. The van der Waals surface area contributed by atoms with Crippen LogP contribution >= 0.6 is 0 Å². The van der Waals surface area contributed by atoms with Gasteiger partial charge in [-0.3, -0.25) is 15.4 Å². The van der Waals surface area contributed by atoms with Gasteiger partial charge in [-0.25, -0.2) is 5.01 Å². The molecule has 2 unspecified atom stereocenters. The second-order valence-electron chi connectivity index (χ2n) is 8.65. The third kappa shape index (κ3) is 4.28. The number of aryl methyl sites for hydroxylation is 2. The molecule has 2 aromatic heterocycles. The summed E-state index contributed by atoms with van der Waals surface area (Å²) in [6.07, 6.45) is 14.3. The molecule has 3 heterocycles. The summed E-state index contributed by atoms with van der Waals surface area (Å²) < 4.78 is 0. The molecular weight excluding hydrogens is 344 g/mol. The number of hydrazine groups is 1. The Morgan fingerprint density at radius 2 is 1.39 bits per heavy atom. The van der Waals surface area contributed by atoms with Crippen LogP contribution in [0.1, 0.15) is 86.0 Å². The van der Waals surface area contributed by atoms with Crippen LogP contribution in [0.5, 0.6) is 0 Å². The van der Waals surface area contributed by atoms with Crippen molar-refractivity contribution in [1.82, 2.24) is 20.4 Å². The number of rotatable bonds is 5. The van der Waals surface area contributed by atoms with Crippen molar-refractivity contribution in [3.63, 3.8) is 0 Å². The second kappa shape index (κ2) is 9.15. The predicted molar refractivity (Wildman–Crippen MR) is 114 cm³/mol. The Balaban J connectivity index is 1.62. The lowest BCUT2D eigenvalue weighted by molar-refractivity contribution is 0.0144. The monoisotopic (exact) mass is 378 g/mol. The van der Waals surface area contributed by atoms with E-state index in [0.717, 1.165) is 25.3 Å². The van der Waals surface area contributed by atoms with Gasteiger partial charge >= 0.3 is 0 Å². The van der Waals surface area contributed by atoms with Crippen LogP contribution in [0.2, 0.25) is 0 Å². The number of nitrogens with one attached hydrogen (secondary N) is 1. The fraction of sp³-hybridized carbons (Fsp3) is 0.583. The maximum absolute atomic E-state index is 4.80. The van der Waals surface area contributed by atoms with Crippen molar-refractivity contribution in [3.05, 3.63) is 59.2 Å². The Morgan fingerprint density at radius 3 is 1.93 bits per heavy atom. The van der Waals surface area contributed by atoms with Gasteiger partial charge in [0.25, 0.3) is 0 Å². The molecule has 2 aliphatic rings. The Bertz CT molecular complexity index is 715. The normalized spacial score (nSPS) is 24.4. The summed E-state index contributed by atoms with van der Waals surface area (Å²) in [6, 6.07) is 9.09. The molecule has 0 aromatic carbocycles. The van der Waals surface area contributed by atoms with E-state index in [9.17, 15) is 0 Å². The molecule has 0 amide bonds. The van der Waals surface area contributed by atoms with Gasteiger partial charge in [0.15, 0.2) is 0 Å². The van der Waals surface area contributed by atoms with Crippen molar-refractivity contribution in [3.8, 4) is 0 Å². The highest BCUT2D eigenvalue weighted by Crippen LogP contribution is 2.40. The van der Waals surface area contributed by atoms with Gasteiger partial charge in [0, 0.05) is 18.9 Å². The number of nitrogens with zero attached hydrogens (tertiary/aromatic N) is 3. The van der Waals surface area contributed by atoms with E-state index >= 15 is 0 Å². The second-order valence-corrected chi connectivity index (χ2v) is 8.65. The highest BCUT2D eigenvalue weighted by atomic mass is 15.5. The van der Waals surface area contributed by atoms with Crippen LogP contribution in [0.3, 0.4) is 0 Å². The molecule has 2 aromatic rings. The van der Waals surface area contributed by atoms with E-state index in [-0.39, 0.29) is 0 Å². The minimum atomic E-state index is 0.310. The summed E-state index contributed by atoms with van der Waals surface area (Å²) in [4.78, 5) is 9.59. The van der Waals surface area contributed by atoms with Crippen LogP contribution in [-0.4, -0.2) is 21.5 Å². The highest BCUT2D eigenvalue weighted by Gasteiger charge is 2.35. The number of aromatic nitrogens is 2. The van der Waals surface area contributed by atoms with Crippen LogP contribution in [0.15, 0.2) is 36.7 Å². The molecule has 0 bridgehead atoms. The lowest BCUT2D eigenvalue weighted by Crippen LogP contribution is -2.48. The molecule has 1 saturated carbocycles. The van der Waals surface area contributed by atoms with Crippen molar-refractivity contribution in [2.45, 2.75) is 77.3 Å². The van der Waals surface area contributed by atoms with E-state index < -0.39 is 0 Å². The average molecular weight is 379 g/mol. The lowest BCUT2D eigenvalue weighted by Gasteiger charge is -2.43. The van der Waals surface area contributed by atoms with Gasteiger partial charge in [-0.05, 0) is 75.1 Å². The number of hydrogen-bond donors (Lipinski definition) is 1. The van der Waals surface area contributed by atoms with E-state index in [1.165, 1.54) is 61.0 Å². The summed E-state index contributed by atoms with van der Waals surface area (Å²) in [6.45, 7) is 5.46. The fourth-order valence-electron chi connectivity index (χ4n) is 5.08. The summed E-state index contributed by atoms with van der Waals surface area (Å²) in [7, 11) is 0. The number of hydrogen-bond acceptors (Lipinski definition) is 4. The summed E-state index contributed by atoms with van der Waals surface area (Å²) in [5, 5.41) is 2.52. The SMILES string of the molecule is Cc1cccnc1C1CCCC(c2ncccc2C)N1NCC1CCCCC1. The van der Waals surface area contributed by atoms with Crippen molar-refractivity contribution < 1.29 is 0 Å². The standard InChI is InChI=1S/C24H34N4/c1-18-9-7-15-25-23(18)21-13-6-14-22(24-19(2)10-8-16-26-24)28(21)27-17-20-11-4-3-5-12-20/h7-10,15-16,20-22,27H,3-6,11-14,17H2,1-2H3. The molecule has 4 rings (SSSR count). The van der Waals surface area contributed by atoms with Gasteiger partial charge in [0.05, 0.1) is 23.5 Å². The molecule has 2 fully saturated rings. The summed E-state index contributed by atoms with van der Waals surface area (Å²) in [5.41, 5.74) is 8.91. The molecule has 1 aliphatic heterocycles. The third-order valence-corrected chi connectivity index (χ3v) is 6.65. The van der Waals surface area contributed by atoms with Crippen LogP contribution < -0.4 is 5.43 Å². The van der Waals surface area contributed by atoms with Gasteiger partial charge in [-0.15, -0.1) is 0 Å². The zero-order valence-corrected chi connectivity index (χ0v) is 17.4. The molecule has 28 heavy (non-hydrogen) atoms. The molecule has 1 aliphatic carbocycles. The van der Waals surface area contributed by atoms with E-state index in [1.54, 1.807) is 0 Å². The number of piperidine rings is 1. The van der Waals surface area contributed by atoms with E-state index in [0.29, 0.717) is 12.1 Å². The van der Waals surface area contributed by atoms with Gasteiger partial charge in [0.1, 0.15) is 0 Å². The quantitative estimate of drug-likeness (QED) is 0.751. The molecule has 4 nitrogen and oxygen atoms in total. The molecule has 2 atom stereocenters. The smallest absolute Gasteiger partial charge is 0.0675 e.